The lowest BCUT2D eigenvalue weighted by Gasteiger charge is -2.34. The van der Waals surface area contributed by atoms with Gasteiger partial charge in [0.2, 0.25) is 11.8 Å². The van der Waals surface area contributed by atoms with Gasteiger partial charge in [0.05, 0.1) is 10.6 Å². The minimum atomic E-state index is -4.16. The third kappa shape index (κ3) is 7.63. The zero-order chi connectivity index (χ0) is 31.1. The van der Waals surface area contributed by atoms with Crippen LogP contribution in [-0.2, 0) is 32.6 Å². The highest BCUT2D eigenvalue weighted by Crippen LogP contribution is 2.29. The lowest BCUT2D eigenvalue weighted by molar-refractivity contribution is -0.139. The second-order valence-electron chi connectivity index (χ2n) is 10.5. The Balaban J connectivity index is 1.82. The van der Waals surface area contributed by atoms with E-state index < -0.39 is 28.5 Å². The molecule has 0 saturated heterocycles. The summed E-state index contributed by atoms with van der Waals surface area (Å²) < 4.78 is 29.5. The Morgan fingerprint density at radius 1 is 0.837 bits per heavy atom. The Hall–Kier alpha value is -4.14. The number of carbonyl (C=O) groups is 2. The number of halogens is 1. The number of rotatable bonds is 11. The first-order chi connectivity index (χ1) is 20.5. The molecule has 0 saturated carbocycles. The van der Waals surface area contributed by atoms with Crippen molar-refractivity contribution in [3.05, 3.63) is 130 Å². The molecule has 0 spiro atoms. The van der Waals surface area contributed by atoms with Gasteiger partial charge in [0.25, 0.3) is 10.0 Å². The number of benzene rings is 4. The summed E-state index contributed by atoms with van der Waals surface area (Å²) in [4.78, 5) is 29.3. The number of carbonyl (C=O) groups excluding carboxylic acids is 2. The molecule has 4 aromatic rings. The zero-order valence-corrected chi connectivity index (χ0v) is 26.3. The molecule has 2 amide bonds. The lowest BCUT2D eigenvalue weighted by Crippen LogP contribution is -2.53. The molecule has 1 atom stereocenters. The average Bonchev–Trinajstić information content (AvgIpc) is 2.99. The predicted octanol–water partition coefficient (Wildman–Crippen LogP) is 5.85. The summed E-state index contributed by atoms with van der Waals surface area (Å²) in [5.41, 5.74) is 4.50. The number of sulfonamides is 1. The number of aryl methyl sites for hydroxylation is 2. The second kappa shape index (κ2) is 13.9. The topological polar surface area (TPSA) is 86.8 Å². The molecule has 0 bridgehead atoms. The first-order valence-corrected chi connectivity index (χ1v) is 15.8. The van der Waals surface area contributed by atoms with E-state index in [9.17, 15) is 18.0 Å². The summed E-state index contributed by atoms with van der Waals surface area (Å²) in [6.07, 6.45) is 0.237. The van der Waals surface area contributed by atoms with Crippen LogP contribution < -0.4 is 9.62 Å². The molecular weight excluding hydrogens is 582 g/mol. The molecule has 7 nitrogen and oxygen atoms in total. The van der Waals surface area contributed by atoms with E-state index in [0.29, 0.717) is 16.3 Å². The Labute approximate surface area is 259 Å². The number of hydrogen-bond acceptors (Lipinski definition) is 4. The number of nitrogens with zero attached hydrogens (tertiary/aromatic N) is 2. The van der Waals surface area contributed by atoms with Gasteiger partial charge in [0, 0.05) is 25.0 Å². The minimum absolute atomic E-state index is 0.0511. The van der Waals surface area contributed by atoms with Gasteiger partial charge in [-0.1, -0.05) is 83.9 Å². The minimum Gasteiger partial charge on any atom is -0.357 e. The van der Waals surface area contributed by atoms with E-state index in [1.54, 1.807) is 54.6 Å². The molecule has 0 heterocycles. The maximum absolute atomic E-state index is 14.4. The van der Waals surface area contributed by atoms with E-state index in [-0.39, 0.29) is 23.8 Å². The molecular formula is C34H36ClN3O4S. The summed E-state index contributed by atoms with van der Waals surface area (Å²) in [5, 5.41) is 3.18. The van der Waals surface area contributed by atoms with Crippen LogP contribution in [0.4, 0.5) is 5.69 Å². The fourth-order valence-corrected chi connectivity index (χ4v) is 6.59. The highest BCUT2D eigenvalue weighted by molar-refractivity contribution is 7.92. The van der Waals surface area contributed by atoms with Crippen molar-refractivity contribution in [2.45, 2.75) is 44.7 Å². The number of amides is 2. The lowest BCUT2D eigenvalue weighted by atomic mass is 10.0. The van der Waals surface area contributed by atoms with Gasteiger partial charge in [-0.25, -0.2) is 8.42 Å². The van der Waals surface area contributed by atoms with Crippen LogP contribution in [0, 0.1) is 20.8 Å². The molecule has 0 aliphatic carbocycles. The van der Waals surface area contributed by atoms with E-state index >= 15 is 0 Å². The van der Waals surface area contributed by atoms with Crippen molar-refractivity contribution in [3.63, 3.8) is 0 Å². The van der Waals surface area contributed by atoms with E-state index in [1.165, 1.54) is 11.9 Å². The van der Waals surface area contributed by atoms with Gasteiger partial charge in [0.15, 0.2) is 0 Å². The molecule has 43 heavy (non-hydrogen) atoms. The number of hydrogen-bond donors (Lipinski definition) is 1. The first-order valence-electron chi connectivity index (χ1n) is 14.0. The van der Waals surface area contributed by atoms with Crippen molar-refractivity contribution >= 4 is 39.1 Å². The molecule has 0 aromatic heterocycles. The van der Waals surface area contributed by atoms with Gasteiger partial charge < -0.3 is 10.2 Å². The summed E-state index contributed by atoms with van der Waals surface area (Å²) in [7, 11) is -2.64. The quantitative estimate of drug-likeness (QED) is 0.229. The standard InChI is InChI=1S/C34H36ClN3O4S/c1-24-16-18-30(19-17-24)43(41,42)38(31-15-8-10-25(2)26(31)3)23-33(39)37(22-28-13-9-14-29(35)20-28)32(34(40)36-4)21-27-11-6-5-7-12-27/h5-20,32H,21-23H2,1-4H3,(H,36,40)/t32-/m1/s1. The number of anilines is 1. The first kappa shape index (κ1) is 31.8. The van der Waals surface area contributed by atoms with Crippen molar-refractivity contribution in [1.29, 1.82) is 0 Å². The van der Waals surface area contributed by atoms with Crippen LogP contribution in [0.2, 0.25) is 5.02 Å². The Kier molecular flexibility index (Phi) is 10.3. The number of likely N-dealkylation sites (N-methyl/N-ethyl adjacent to an activating group) is 1. The Bertz CT molecular complexity index is 1690. The monoisotopic (exact) mass is 617 g/mol. The molecule has 0 radical (unpaired) electrons. The van der Waals surface area contributed by atoms with Gasteiger partial charge in [-0.2, -0.15) is 0 Å². The SMILES string of the molecule is CNC(=O)[C@@H](Cc1ccccc1)N(Cc1cccc(Cl)c1)C(=O)CN(c1cccc(C)c1C)S(=O)(=O)c1ccc(C)cc1. The van der Waals surface area contributed by atoms with Crippen LogP contribution in [0.25, 0.3) is 0 Å². The summed E-state index contributed by atoms with van der Waals surface area (Å²) in [6.45, 7) is 5.14. The molecule has 4 aromatic carbocycles. The van der Waals surface area contributed by atoms with Gasteiger partial charge in [0.1, 0.15) is 12.6 Å². The predicted molar refractivity (Wildman–Crippen MR) is 172 cm³/mol. The molecule has 0 fully saturated rings. The third-order valence-corrected chi connectivity index (χ3v) is 9.50. The van der Waals surface area contributed by atoms with Crippen LogP contribution in [0.5, 0.6) is 0 Å². The fraction of sp³-hybridized carbons (Fsp3) is 0.235. The molecule has 224 valence electrons. The third-order valence-electron chi connectivity index (χ3n) is 7.49. The maximum Gasteiger partial charge on any atom is 0.264 e. The van der Waals surface area contributed by atoms with E-state index in [2.05, 4.69) is 5.32 Å². The zero-order valence-electron chi connectivity index (χ0n) is 24.7. The Morgan fingerprint density at radius 3 is 2.14 bits per heavy atom. The summed E-state index contributed by atoms with van der Waals surface area (Å²) in [5.74, 6) is -0.889. The highest BCUT2D eigenvalue weighted by Gasteiger charge is 2.35. The van der Waals surface area contributed by atoms with Crippen LogP contribution >= 0.6 is 11.6 Å². The van der Waals surface area contributed by atoms with Gasteiger partial charge in [-0.3, -0.25) is 13.9 Å². The largest absolute Gasteiger partial charge is 0.357 e. The van der Waals surface area contributed by atoms with Crippen LogP contribution in [0.3, 0.4) is 0 Å². The van der Waals surface area contributed by atoms with Crippen molar-refractivity contribution in [2.75, 3.05) is 17.9 Å². The molecule has 9 heteroatoms. The Morgan fingerprint density at radius 2 is 1.49 bits per heavy atom. The maximum atomic E-state index is 14.4. The van der Waals surface area contributed by atoms with Gasteiger partial charge >= 0.3 is 0 Å². The molecule has 0 aliphatic rings. The van der Waals surface area contributed by atoms with E-state index in [1.807, 2.05) is 63.2 Å². The van der Waals surface area contributed by atoms with Crippen molar-refractivity contribution < 1.29 is 18.0 Å². The normalized spacial score (nSPS) is 11.9. The van der Waals surface area contributed by atoms with Crippen molar-refractivity contribution in [1.82, 2.24) is 10.2 Å². The van der Waals surface area contributed by atoms with Crippen LogP contribution in [0.1, 0.15) is 27.8 Å². The summed E-state index contributed by atoms with van der Waals surface area (Å²) in [6, 6.07) is 27.4. The van der Waals surface area contributed by atoms with Gasteiger partial charge in [-0.05, 0) is 73.4 Å². The highest BCUT2D eigenvalue weighted by atomic mass is 35.5. The second-order valence-corrected chi connectivity index (χ2v) is 12.8. The van der Waals surface area contributed by atoms with Gasteiger partial charge in [-0.15, -0.1) is 0 Å². The summed E-state index contributed by atoms with van der Waals surface area (Å²) >= 11 is 6.27. The number of nitrogens with one attached hydrogen (secondary N) is 1. The van der Waals surface area contributed by atoms with Crippen LogP contribution in [-0.4, -0.2) is 44.8 Å². The van der Waals surface area contributed by atoms with Crippen molar-refractivity contribution in [3.8, 4) is 0 Å². The van der Waals surface area contributed by atoms with E-state index in [4.69, 9.17) is 11.6 Å². The smallest absolute Gasteiger partial charge is 0.264 e. The molecule has 0 unspecified atom stereocenters. The fourth-order valence-electron chi connectivity index (χ4n) is 4.91. The van der Waals surface area contributed by atoms with Crippen LogP contribution in [0.15, 0.2) is 102 Å². The molecule has 0 aliphatic heterocycles. The average molecular weight is 618 g/mol. The van der Waals surface area contributed by atoms with Crippen molar-refractivity contribution in [2.24, 2.45) is 0 Å². The van der Waals surface area contributed by atoms with E-state index in [0.717, 1.165) is 26.6 Å². The molecule has 4 rings (SSSR count). The molecule has 1 N–H and O–H groups in total.